The van der Waals surface area contributed by atoms with Crippen molar-refractivity contribution in [3.8, 4) is 5.75 Å². The predicted octanol–water partition coefficient (Wildman–Crippen LogP) is 0.482. The Labute approximate surface area is 102 Å². The van der Waals surface area contributed by atoms with Crippen LogP contribution in [-0.4, -0.2) is 10.9 Å². The van der Waals surface area contributed by atoms with E-state index in [0.717, 1.165) is 24.8 Å². The number of benzene rings is 1. The predicted molar refractivity (Wildman–Crippen MR) is 68.8 cm³/mol. The van der Waals surface area contributed by atoms with E-state index in [4.69, 9.17) is 22.9 Å². The van der Waals surface area contributed by atoms with Crippen LogP contribution in [0.3, 0.4) is 0 Å². The first kappa shape index (κ1) is 13.9. The summed E-state index contributed by atoms with van der Waals surface area (Å²) in [6, 6.07) is 6.94. The highest BCUT2D eigenvalue weighted by molar-refractivity contribution is 5.34. The summed E-state index contributed by atoms with van der Waals surface area (Å²) in [5.74, 6) is -0.857. The second kappa shape index (κ2) is 5.97. The van der Waals surface area contributed by atoms with Crippen molar-refractivity contribution in [3.63, 3.8) is 0 Å². The van der Waals surface area contributed by atoms with Crippen LogP contribution in [0.25, 0.3) is 0 Å². The Morgan fingerprint density at radius 1 is 1.12 bits per heavy atom. The first-order valence-electron chi connectivity index (χ1n) is 5.80. The Hall–Kier alpha value is -1.14. The number of nitrogens with two attached hydrogens (primary N) is 4. The standard InChI is InChI=1S/C12H22N4O/c13-10(6-3-4-8-12(14,15)16)9-5-1-2-7-11(9)17/h1-2,5,7,10,17H,3-4,6,8,13-16H2. The summed E-state index contributed by atoms with van der Waals surface area (Å²) in [6.07, 6.45) is 3.03. The number of phenolic OH excluding ortho intramolecular Hbond substituents is 1. The van der Waals surface area contributed by atoms with Crippen molar-refractivity contribution in [1.29, 1.82) is 0 Å². The minimum absolute atomic E-state index is 0.168. The largest absolute Gasteiger partial charge is 0.508 e. The summed E-state index contributed by atoms with van der Waals surface area (Å²) in [4.78, 5) is 0. The van der Waals surface area contributed by atoms with E-state index in [1.807, 2.05) is 12.1 Å². The first-order chi connectivity index (χ1) is 7.90. The Morgan fingerprint density at radius 3 is 2.35 bits per heavy atom. The van der Waals surface area contributed by atoms with E-state index in [-0.39, 0.29) is 11.8 Å². The fourth-order valence-electron chi connectivity index (χ4n) is 1.75. The number of rotatable bonds is 6. The third-order valence-electron chi connectivity index (χ3n) is 2.71. The number of phenols is 1. The van der Waals surface area contributed by atoms with E-state index < -0.39 is 5.79 Å². The molecule has 0 bridgehead atoms. The second-order valence-corrected chi connectivity index (χ2v) is 4.52. The van der Waals surface area contributed by atoms with Crippen molar-refractivity contribution in [2.75, 3.05) is 0 Å². The fourth-order valence-corrected chi connectivity index (χ4v) is 1.75. The quantitative estimate of drug-likeness (QED) is 0.364. The zero-order valence-corrected chi connectivity index (χ0v) is 9.97. The number of para-hydroxylation sites is 1. The molecule has 0 aromatic heterocycles. The van der Waals surface area contributed by atoms with E-state index in [1.54, 1.807) is 12.1 Å². The molecule has 5 nitrogen and oxygen atoms in total. The van der Waals surface area contributed by atoms with Gasteiger partial charge in [0.15, 0.2) is 0 Å². The molecule has 0 fully saturated rings. The van der Waals surface area contributed by atoms with Crippen molar-refractivity contribution in [3.05, 3.63) is 29.8 Å². The van der Waals surface area contributed by atoms with Crippen LogP contribution in [0.15, 0.2) is 24.3 Å². The molecule has 0 radical (unpaired) electrons. The first-order valence-corrected chi connectivity index (χ1v) is 5.80. The molecule has 0 aliphatic carbocycles. The Balaban J connectivity index is 2.36. The van der Waals surface area contributed by atoms with Gasteiger partial charge in [0.25, 0.3) is 0 Å². The van der Waals surface area contributed by atoms with Crippen molar-refractivity contribution >= 4 is 0 Å². The molecule has 1 unspecified atom stereocenters. The maximum atomic E-state index is 9.63. The molecule has 0 saturated carbocycles. The molecule has 0 aliphatic heterocycles. The van der Waals surface area contributed by atoms with Crippen LogP contribution in [0.2, 0.25) is 0 Å². The number of aromatic hydroxyl groups is 1. The highest BCUT2D eigenvalue weighted by atomic mass is 16.3. The molecule has 9 N–H and O–H groups in total. The Kier molecular flexibility index (Phi) is 4.89. The molecule has 1 aromatic carbocycles. The number of hydrogen-bond donors (Lipinski definition) is 5. The van der Waals surface area contributed by atoms with Gasteiger partial charge in [-0.25, -0.2) is 0 Å². The van der Waals surface area contributed by atoms with Crippen LogP contribution >= 0.6 is 0 Å². The molecule has 0 amide bonds. The summed E-state index contributed by atoms with van der Waals surface area (Å²) >= 11 is 0. The Morgan fingerprint density at radius 2 is 1.76 bits per heavy atom. The molecule has 0 spiro atoms. The lowest BCUT2D eigenvalue weighted by molar-refractivity contribution is 0.395. The molecule has 0 saturated heterocycles. The highest BCUT2D eigenvalue weighted by Crippen LogP contribution is 2.25. The monoisotopic (exact) mass is 238 g/mol. The van der Waals surface area contributed by atoms with Gasteiger partial charge in [-0.2, -0.15) is 0 Å². The second-order valence-electron chi connectivity index (χ2n) is 4.52. The lowest BCUT2D eigenvalue weighted by atomic mass is 9.99. The molecular formula is C12H22N4O. The van der Waals surface area contributed by atoms with Crippen LogP contribution in [-0.2, 0) is 0 Å². The lowest BCUT2D eigenvalue weighted by Gasteiger charge is -2.19. The molecule has 0 aliphatic rings. The molecule has 5 heteroatoms. The minimum atomic E-state index is -1.10. The van der Waals surface area contributed by atoms with Crippen molar-refractivity contribution in [2.45, 2.75) is 37.5 Å². The van der Waals surface area contributed by atoms with E-state index in [1.165, 1.54) is 0 Å². The van der Waals surface area contributed by atoms with Gasteiger partial charge >= 0.3 is 0 Å². The van der Waals surface area contributed by atoms with E-state index in [2.05, 4.69) is 0 Å². The van der Waals surface area contributed by atoms with E-state index >= 15 is 0 Å². The molecule has 1 aromatic rings. The third kappa shape index (κ3) is 5.14. The van der Waals surface area contributed by atoms with Crippen molar-refractivity contribution < 1.29 is 5.11 Å². The number of hydrogen-bond acceptors (Lipinski definition) is 5. The molecule has 1 rings (SSSR count). The average Bonchev–Trinajstić information content (AvgIpc) is 2.23. The summed E-state index contributed by atoms with van der Waals surface area (Å²) in [6.45, 7) is 0. The third-order valence-corrected chi connectivity index (χ3v) is 2.71. The lowest BCUT2D eigenvalue weighted by Crippen LogP contribution is -2.57. The summed E-state index contributed by atoms with van der Waals surface area (Å²) in [5, 5.41) is 9.63. The van der Waals surface area contributed by atoms with Crippen LogP contribution in [0.4, 0.5) is 0 Å². The topological polar surface area (TPSA) is 124 Å². The smallest absolute Gasteiger partial charge is 0.120 e. The van der Waals surface area contributed by atoms with Crippen molar-refractivity contribution in [1.82, 2.24) is 0 Å². The van der Waals surface area contributed by atoms with Gasteiger partial charge in [0.2, 0.25) is 0 Å². The van der Waals surface area contributed by atoms with Gasteiger partial charge in [-0.15, -0.1) is 0 Å². The highest BCUT2D eigenvalue weighted by Gasteiger charge is 2.13. The summed E-state index contributed by atoms with van der Waals surface area (Å²) < 4.78 is 0. The average molecular weight is 238 g/mol. The van der Waals surface area contributed by atoms with Crippen LogP contribution in [0.5, 0.6) is 5.75 Å². The van der Waals surface area contributed by atoms with Crippen LogP contribution in [0, 0.1) is 0 Å². The normalized spacial score (nSPS) is 13.6. The maximum Gasteiger partial charge on any atom is 0.120 e. The van der Waals surface area contributed by atoms with Crippen LogP contribution < -0.4 is 22.9 Å². The SMILES string of the molecule is NC(CCCCC(N)(N)N)c1ccccc1O. The molecule has 1 atom stereocenters. The number of unbranched alkanes of at least 4 members (excludes halogenated alkanes) is 1. The zero-order valence-electron chi connectivity index (χ0n) is 9.97. The van der Waals surface area contributed by atoms with Gasteiger partial charge in [-0.3, -0.25) is 0 Å². The van der Waals surface area contributed by atoms with Gasteiger partial charge in [0.1, 0.15) is 11.5 Å². The summed E-state index contributed by atoms with van der Waals surface area (Å²) in [7, 11) is 0. The van der Waals surface area contributed by atoms with E-state index in [0.29, 0.717) is 6.42 Å². The minimum Gasteiger partial charge on any atom is -0.508 e. The van der Waals surface area contributed by atoms with Gasteiger partial charge in [0, 0.05) is 11.6 Å². The molecule has 0 heterocycles. The Bertz CT molecular complexity index is 349. The van der Waals surface area contributed by atoms with Gasteiger partial charge in [0.05, 0.1) is 0 Å². The zero-order chi connectivity index (χ0) is 12.9. The van der Waals surface area contributed by atoms with Gasteiger partial charge in [-0.1, -0.05) is 24.6 Å². The molecule has 17 heavy (non-hydrogen) atoms. The molecular weight excluding hydrogens is 216 g/mol. The van der Waals surface area contributed by atoms with Gasteiger partial charge < -0.3 is 28.0 Å². The maximum absolute atomic E-state index is 9.63. The van der Waals surface area contributed by atoms with E-state index in [9.17, 15) is 5.11 Å². The molecule has 96 valence electrons. The van der Waals surface area contributed by atoms with Crippen LogP contribution in [0.1, 0.15) is 37.3 Å². The summed E-state index contributed by atoms with van der Waals surface area (Å²) in [5.41, 5.74) is 23.2. The fraction of sp³-hybridized carbons (Fsp3) is 0.500. The van der Waals surface area contributed by atoms with Gasteiger partial charge in [-0.05, 0) is 25.3 Å². The van der Waals surface area contributed by atoms with Crippen molar-refractivity contribution in [2.24, 2.45) is 22.9 Å².